The van der Waals surface area contributed by atoms with Gasteiger partial charge in [0.05, 0.1) is 5.69 Å². The maximum absolute atomic E-state index is 13.7. The molecule has 8 heteroatoms. The molecule has 0 spiro atoms. The molecule has 4 aromatic rings. The van der Waals surface area contributed by atoms with Crippen LogP contribution in [-0.2, 0) is 0 Å². The van der Waals surface area contributed by atoms with E-state index in [1.165, 1.54) is 6.07 Å². The molecule has 28 heavy (non-hydrogen) atoms. The van der Waals surface area contributed by atoms with Crippen LogP contribution in [0.25, 0.3) is 17.0 Å². The van der Waals surface area contributed by atoms with Gasteiger partial charge in [-0.1, -0.05) is 18.2 Å². The predicted octanol–water partition coefficient (Wildman–Crippen LogP) is 4.63. The fourth-order valence-corrected chi connectivity index (χ4v) is 2.77. The molecule has 0 fully saturated rings. The Morgan fingerprint density at radius 1 is 1.07 bits per heavy atom. The number of aryl methyl sites for hydroxylation is 1. The van der Waals surface area contributed by atoms with E-state index >= 15 is 0 Å². The first-order chi connectivity index (χ1) is 13.5. The summed E-state index contributed by atoms with van der Waals surface area (Å²) in [6, 6.07) is 9.86. The number of rotatable bonds is 3. The van der Waals surface area contributed by atoms with Crippen LogP contribution in [0.1, 0.15) is 5.56 Å². The Bertz CT molecular complexity index is 1140. The van der Waals surface area contributed by atoms with Crippen LogP contribution in [0, 0.1) is 18.6 Å². The number of fused-ring (bicyclic) bond motifs is 1. The van der Waals surface area contributed by atoms with Crippen LogP contribution in [-0.4, -0.2) is 20.4 Å². The third kappa shape index (κ3) is 3.39. The Hall–Kier alpha value is -3.81. The maximum atomic E-state index is 13.7. The van der Waals surface area contributed by atoms with E-state index in [0.29, 0.717) is 17.2 Å². The molecule has 0 saturated carbocycles. The number of imidazole rings is 1. The van der Waals surface area contributed by atoms with Gasteiger partial charge >= 0.3 is 6.03 Å². The van der Waals surface area contributed by atoms with E-state index in [1.54, 1.807) is 22.7 Å². The van der Waals surface area contributed by atoms with Crippen LogP contribution >= 0.6 is 0 Å². The van der Waals surface area contributed by atoms with Gasteiger partial charge in [0.25, 0.3) is 0 Å². The number of para-hydroxylation sites is 1. The van der Waals surface area contributed by atoms with E-state index in [4.69, 9.17) is 0 Å². The second-order valence-electron chi connectivity index (χ2n) is 6.16. The lowest BCUT2D eigenvalue weighted by molar-refractivity contribution is 0.262. The van der Waals surface area contributed by atoms with E-state index in [1.807, 2.05) is 31.5 Å². The maximum Gasteiger partial charge on any atom is 0.323 e. The van der Waals surface area contributed by atoms with Crippen LogP contribution in [0.15, 0.2) is 61.1 Å². The number of nitrogens with one attached hydrogen (secondary N) is 2. The summed E-state index contributed by atoms with van der Waals surface area (Å²) in [5, 5.41) is 4.83. The van der Waals surface area contributed by atoms with Crippen molar-refractivity contribution in [3.63, 3.8) is 0 Å². The number of anilines is 2. The summed E-state index contributed by atoms with van der Waals surface area (Å²) in [7, 11) is 0. The Kier molecular flexibility index (Phi) is 4.44. The van der Waals surface area contributed by atoms with Crippen molar-refractivity contribution in [3.8, 4) is 11.3 Å². The third-order valence-corrected chi connectivity index (χ3v) is 4.22. The minimum absolute atomic E-state index is 0.497. The molecule has 0 aliphatic carbocycles. The molecule has 2 amide bonds. The number of amides is 2. The number of hydrogen-bond acceptors (Lipinski definition) is 3. The third-order valence-electron chi connectivity index (χ3n) is 4.22. The number of urea groups is 1. The first kappa shape index (κ1) is 17.6. The van der Waals surface area contributed by atoms with Crippen LogP contribution in [0.2, 0.25) is 0 Å². The number of halogens is 2. The first-order valence-corrected chi connectivity index (χ1v) is 8.44. The van der Waals surface area contributed by atoms with Gasteiger partial charge in [-0.3, -0.25) is 4.40 Å². The SMILES string of the molecule is Cc1ccc(-c2cn3cccnc3n2)cc1NC(=O)Nc1c(F)cccc1F. The average molecular weight is 379 g/mol. The van der Waals surface area contributed by atoms with Crippen molar-refractivity contribution >= 4 is 23.2 Å². The highest BCUT2D eigenvalue weighted by Gasteiger charge is 2.13. The largest absolute Gasteiger partial charge is 0.323 e. The van der Waals surface area contributed by atoms with Gasteiger partial charge < -0.3 is 10.6 Å². The van der Waals surface area contributed by atoms with E-state index in [9.17, 15) is 13.6 Å². The zero-order valence-corrected chi connectivity index (χ0v) is 14.8. The molecule has 2 aromatic heterocycles. The van der Waals surface area contributed by atoms with E-state index in [-0.39, 0.29) is 0 Å². The molecule has 0 bridgehead atoms. The molecular formula is C20H15F2N5O. The smallest absolute Gasteiger partial charge is 0.307 e. The molecule has 0 unspecified atom stereocenters. The number of nitrogens with zero attached hydrogens (tertiary/aromatic N) is 3. The second-order valence-corrected chi connectivity index (χ2v) is 6.16. The number of carbonyl (C=O) groups is 1. The molecule has 0 aliphatic rings. The molecule has 0 atom stereocenters. The average Bonchev–Trinajstić information content (AvgIpc) is 3.11. The van der Waals surface area contributed by atoms with Crippen LogP contribution in [0.4, 0.5) is 25.0 Å². The van der Waals surface area contributed by atoms with E-state index in [2.05, 4.69) is 20.6 Å². The molecule has 0 saturated heterocycles. The monoisotopic (exact) mass is 379 g/mol. The summed E-state index contributed by atoms with van der Waals surface area (Å²) in [4.78, 5) is 20.9. The Morgan fingerprint density at radius 3 is 2.61 bits per heavy atom. The molecule has 2 aromatic carbocycles. The van der Waals surface area contributed by atoms with Crippen LogP contribution in [0.3, 0.4) is 0 Å². The van der Waals surface area contributed by atoms with Gasteiger partial charge in [0.2, 0.25) is 5.78 Å². The molecular weight excluding hydrogens is 364 g/mol. The van der Waals surface area contributed by atoms with E-state index < -0.39 is 23.4 Å². The van der Waals surface area contributed by atoms with Crippen molar-refractivity contribution in [1.29, 1.82) is 0 Å². The Morgan fingerprint density at radius 2 is 1.86 bits per heavy atom. The number of hydrogen-bond donors (Lipinski definition) is 2. The number of benzene rings is 2. The van der Waals surface area contributed by atoms with Gasteiger partial charge in [0, 0.05) is 29.8 Å². The van der Waals surface area contributed by atoms with Crippen molar-refractivity contribution in [2.24, 2.45) is 0 Å². The van der Waals surface area contributed by atoms with Crippen molar-refractivity contribution < 1.29 is 13.6 Å². The van der Waals surface area contributed by atoms with E-state index in [0.717, 1.165) is 23.3 Å². The predicted molar refractivity (Wildman–Crippen MR) is 102 cm³/mol. The summed E-state index contributed by atoms with van der Waals surface area (Å²) >= 11 is 0. The molecule has 0 radical (unpaired) electrons. The lowest BCUT2D eigenvalue weighted by Gasteiger charge is -2.12. The van der Waals surface area contributed by atoms with Crippen molar-refractivity contribution in [2.45, 2.75) is 6.92 Å². The molecule has 140 valence electrons. The highest BCUT2D eigenvalue weighted by atomic mass is 19.1. The summed E-state index contributed by atoms with van der Waals surface area (Å²) in [5.74, 6) is -1.14. The number of aromatic nitrogens is 3. The quantitative estimate of drug-likeness (QED) is 0.545. The summed E-state index contributed by atoms with van der Waals surface area (Å²) in [5.41, 5.74) is 2.23. The van der Waals surface area contributed by atoms with Crippen LogP contribution < -0.4 is 10.6 Å². The highest BCUT2D eigenvalue weighted by molar-refractivity contribution is 6.00. The standard InChI is InChI=1S/C20H15F2N5O/c1-12-6-7-13(17-11-27-9-3-8-23-19(27)24-17)10-16(12)25-20(28)26-18-14(21)4-2-5-15(18)22/h2-11H,1H3,(H2,25,26,28). The Balaban J connectivity index is 1.59. The summed E-state index contributed by atoms with van der Waals surface area (Å²) < 4.78 is 29.2. The lowest BCUT2D eigenvalue weighted by atomic mass is 10.1. The van der Waals surface area contributed by atoms with Crippen molar-refractivity contribution in [1.82, 2.24) is 14.4 Å². The fraction of sp³-hybridized carbons (Fsp3) is 0.0500. The van der Waals surface area contributed by atoms with Crippen LogP contribution in [0.5, 0.6) is 0 Å². The summed E-state index contributed by atoms with van der Waals surface area (Å²) in [6.07, 6.45) is 5.31. The highest BCUT2D eigenvalue weighted by Crippen LogP contribution is 2.25. The molecule has 0 aliphatic heterocycles. The second kappa shape index (κ2) is 7.07. The molecule has 2 N–H and O–H groups in total. The minimum Gasteiger partial charge on any atom is -0.307 e. The fourth-order valence-electron chi connectivity index (χ4n) is 2.77. The van der Waals surface area contributed by atoms with Gasteiger partial charge in [-0.25, -0.2) is 23.5 Å². The van der Waals surface area contributed by atoms with Crippen molar-refractivity contribution in [3.05, 3.63) is 78.3 Å². The topological polar surface area (TPSA) is 71.3 Å². The molecule has 2 heterocycles. The zero-order valence-electron chi connectivity index (χ0n) is 14.8. The lowest BCUT2D eigenvalue weighted by Crippen LogP contribution is -2.21. The number of carbonyl (C=O) groups excluding carboxylic acids is 1. The van der Waals surface area contributed by atoms with Gasteiger partial charge in [0.1, 0.15) is 17.3 Å². The molecule has 6 nitrogen and oxygen atoms in total. The molecule has 4 rings (SSSR count). The minimum atomic E-state index is -0.849. The normalized spacial score (nSPS) is 10.8. The van der Waals surface area contributed by atoms with Crippen molar-refractivity contribution in [2.75, 3.05) is 10.6 Å². The first-order valence-electron chi connectivity index (χ1n) is 8.44. The Labute approximate surface area is 158 Å². The van der Waals surface area contributed by atoms with Gasteiger partial charge in [-0.2, -0.15) is 0 Å². The van der Waals surface area contributed by atoms with Gasteiger partial charge in [-0.05, 0) is 36.8 Å². The zero-order chi connectivity index (χ0) is 19.7. The summed E-state index contributed by atoms with van der Waals surface area (Å²) in [6.45, 7) is 1.81. The van der Waals surface area contributed by atoms with Gasteiger partial charge in [-0.15, -0.1) is 0 Å². The van der Waals surface area contributed by atoms with Gasteiger partial charge in [0.15, 0.2) is 0 Å².